The lowest BCUT2D eigenvalue weighted by Gasteiger charge is -1.96. The standard InChI is InChI=1S/C19H15N3S/c1-22-17-10-6-5-9-15(17)20-18(22)11-12-19-21-16(13-23-19)14-7-3-2-4-8-14/h2-13H,1H3. The van der Waals surface area contributed by atoms with E-state index < -0.39 is 0 Å². The molecule has 0 N–H and O–H groups in total. The van der Waals surface area contributed by atoms with E-state index in [-0.39, 0.29) is 0 Å². The molecule has 0 saturated heterocycles. The lowest BCUT2D eigenvalue weighted by molar-refractivity contribution is 0.930. The van der Waals surface area contributed by atoms with Crippen LogP contribution in [0.25, 0.3) is 34.4 Å². The van der Waals surface area contributed by atoms with Crippen molar-refractivity contribution in [2.45, 2.75) is 0 Å². The molecular weight excluding hydrogens is 302 g/mol. The fourth-order valence-electron chi connectivity index (χ4n) is 2.56. The number of hydrogen-bond donors (Lipinski definition) is 0. The van der Waals surface area contributed by atoms with E-state index in [1.165, 1.54) is 0 Å². The molecule has 0 aliphatic rings. The maximum atomic E-state index is 4.67. The van der Waals surface area contributed by atoms with Gasteiger partial charge in [0, 0.05) is 18.0 Å². The van der Waals surface area contributed by atoms with Crippen LogP contribution in [-0.4, -0.2) is 14.5 Å². The van der Waals surface area contributed by atoms with Crippen molar-refractivity contribution in [2.24, 2.45) is 7.05 Å². The van der Waals surface area contributed by atoms with Gasteiger partial charge in [-0.05, 0) is 24.3 Å². The highest BCUT2D eigenvalue weighted by Gasteiger charge is 2.05. The Balaban J connectivity index is 1.63. The number of fused-ring (bicyclic) bond motifs is 1. The fourth-order valence-corrected chi connectivity index (χ4v) is 3.28. The second-order valence-corrected chi connectivity index (χ2v) is 6.18. The molecule has 0 radical (unpaired) electrons. The monoisotopic (exact) mass is 317 g/mol. The lowest BCUT2D eigenvalue weighted by atomic mass is 10.2. The minimum absolute atomic E-state index is 0.933. The smallest absolute Gasteiger partial charge is 0.133 e. The Morgan fingerprint density at radius 1 is 0.913 bits per heavy atom. The van der Waals surface area contributed by atoms with E-state index in [4.69, 9.17) is 0 Å². The van der Waals surface area contributed by atoms with E-state index in [1.54, 1.807) is 11.3 Å². The van der Waals surface area contributed by atoms with Crippen LogP contribution in [0.2, 0.25) is 0 Å². The first kappa shape index (κ1) is 13.9. The third-order valence-electron chi connectivity index (χ3n) is 3.79. The Hall–Kier alpha value is -2.72. The van der Waals surface area contributed by atoms with E-state index in [1.807, 2.05) is 55.6 Å². The second kappa shape index (κ2) is 5.82. The Labute approximate surface area is 138 Å². The minimum Gasteiger partial charge on any atom is -0.328 e. The number of thiazole rings is 1. The van der Waals surface area contributed by atoms with Crippen molar-refractivity contribution < 1.29 is 0 Å². The molecular formula is C19H15N3S. The predicted octanol–water partition coefficient (Wildman–Crippen LogP) is 4.87. The summed E-state index contributed by atoms with van der Waals surface area (Å²) in [5.41, 5.74) is 4.31. The summed E-state index contributed by atoms with van der Waals surface area (Å²) in [7, 11) is 2.03. The maximum absolute atomic E-state index is 4.67. The zero-order valence-electron chi connectivity index (χ0n) is 12.7. The van der Waals surface area contributed by atoms with Gasteiger partial charge in [0.1, 0.15) is 10.8 Å². The molecule has 2 aromatic carbocycles. The van der Waals surface area contributed by atoms with E-state index in [9.17, 15) is 0 Å². The average molecular weight is 317 g/mol. The van der Waals surface area contributed by atoms with Gasteiger partial charge in [0.05, 0.1) is 16.7 Å². The molecule has 0 unspecified atom stereocenters. The van der Waals surface area contributed by atoms with Gasteiger partial charge in [0.2, 0.25) is 0 Å². The van der Waals surface area contributed by atoms with Crippen LogP contribution in [0.3, 0.4) is 0 Å². The number of para-hydroxylation sites is 2. The van der Waals surface area contributed by atoms with Crippen LogP contribution in [0, 0.1) is 0 Å². The molecule has 0 aliphatic heterocycles. The molecule has 0 fully saturated rings. The molecule has 4 heteroatoms. The van der Waals surface area contributed by atoms with Gasteiger partial charge in [0.25, 0.3) is 0 Å². The van der Waals surface area contributed by atoms with Crippen LogP contribution in [0.4, 0.5) is 0 Å². The van der Waals surface area contributed by atoms with Crippen LogP contribution >= 0.6 is 11.3 Å². The first-order valence-corrected chi connectivity index (χ1v) is 8.30. The second-order valence-electron chi connectivity index (χ2n) is 5.29. The molecule has 0 atom stereocenters. The summed E-state index contributed by atoms with van der Waals surface area (Å²) < 4.78 is 2.09. The molecule has 0 bridgehead atoms. The van der Waals surface area contributed by atoms with E-state index in [2.05, 4.69) is 38.1 Å². The van der Waals surface area contributed by atoms with Gasteiger partial charge in [-0.25, -0.2) is 9.97 Å². The Morgan fingerprint density at radius 3 is 2.52 bits per heavy atom. The van der Waals surface area contributed by atoms with Gasteiger partial charge in [-0.2, -0.15) is 0 Å². The Bertz CT molecular complexity index is 980. The molecule has 0 spiro atoms. The van der Waals surface area contributed by atoms with Crippen LogP contribution in [0.1, 0.15) is 10.8 Å². The average Bonchev–Trinajstić information content (AvgIpc) is 3.19. The number of imidazole rings is 1. The lowest BCUT2D eigenvalue weighted by Crippen LogP contribution is -1.90. The van der Waals surface area contributed by atoms with E-state index in [0.717, 1.165) is 33.1 Å². The number of hydrogen-bond acceptors (Lipinski definition) is 3. The van der Waals surface area contributed by atoms with Gasteiger partial charge < -0.3 is 4.57 Å². The zero-order chi connectivity index (χ0) is 15.6. The number of rotatable bonds is 3. The first-order valence-electron chi connectivity index (χ1n) is 7.42. The summed E-state index contributed by atoms with van der Waals surface area (Å²) >= 11 is 1.64. The van der Waals surface area contributed by atoms with Crippen molar-refractivity contribution in [1.29, 1.82) is 0 Å². The number of aryl methyl sites for hydroxylation is 1. The van der Waals surface area contributed by atoms with Crippen molar-refractivity contribution in [3.05, 3.63) is 70.8 Å². The summed E-state index contributed by atoms with van der Waals surface area (Å²) in [6.07, 6.45) is 4.05. The molecule has 0 amide bonds. The third kappa shape index (κ3) is 2.69. The molecule has 0 saturated carbocycles. The van der Waals surface area contributed by atoms with Crippen LogP contribution < -0.4 is 0 Å². The number of benzene rings is 2. The van der Waals surface area contributed by atoms with Crippen molar-refractivity contribution in [1.82, 2.24) is 14.5 Å². The summed E-state index contributed by atoms with van der Waals surface area (Å²) in [5.74, 6) is 0.933. The first-order chi connectivity index (χ1) is 11.3. The molecule has 2 aromatic heterocycles. The van der Waals surface area contributed by atoms with Crippen LogP contribution in [-0.2, 0) is 7.05 Å². The van der Waals surface area contributed by atoms with Crippen molar-refractivity contribution in [2.75, 3.05) is 0 Å². The van der Waals surface area contributed by atoms with Crippen molar-refractivity contribution in [3.8, 4) is 11.3 Å². The summed E-state index contributed by atoms with van der Waals surface area (Å²) in [6.45, 7) is 0. The highest BCUT2D eigenvalue weighted by atomic mass is 32.1. The molecule has 4 rings (SSSR count). The number of aromatic nitrogens is 3. The van der Waals surface area contributed by atoms with Crippen molar-refractivity contribution in [3.63, 3.8) is 0 Å². The Morgan fingerprint density at radius 2 is 1.70 bits per heavy atom. The van der Waals surface area contributed by atoms with Gasteiger partial charge in [-0.3, -0.25) is 0 Å². The number of nitrogens with zero attached hydrogens (tertiary/aromatic N) is 3. The molecule has 3 nitrogen and oxygen atoms in total. The molecule has 4 aromatic rings. The minimum atomic E-state index is 0.933. The SMILES string of the molecule is Cn1c(C=Cc2nc(-c3ccccc3)cs2)nc2ccccc21. The van der Waals surface area contributed by atoms with Crippen LogP contribution in [0.5, 0.6) is 0 Å². The van der Waals surface area contributed by atoms with Gasteiger partial charge in [0.15, 0.2) is 0 Å². The molecule has 23 heavy (non-hydrogen) atoms. The summed E-state index contributed by atoms with van der Waals surface area (Å²) in [6, 6.07) is 18.4. The molecule has 0 aliphatic carbocycles. The largest absolute Gasteiger partial charge is 0.328 e. The molecule has 112 valence electrons. The summed E-state index contributed by atoms with van der Waals surface area (Å²) in [4.78, 5) is 9.32. The van der Waals surface area contributed by atoms with E-state index >= 15 is 0 Å². The Kier molecular flexibility index (Phi) is 3.52. The normalized spacial score (nSPS) is 11.5. The van der Waals surface area contributed by atoms with Crippen molar-refractivity contribution >= 4 is 34.5 Å². The van der Waals surface area contributed by atoms with Gasteiger partial charge in [-0.1, -0.05) is 42.5 Å². The highest BCUT2D eigenvalue weighted by Crippen LogP contribution is 2.23. The third-order valence-corrected chi connectivity index (χ3v) is 4.60. The predicted molar refractivity (Wildman–Crippen MR) is 97.2 cm³/mol. The highest BCUT2D eigenvalue weighted by molar-refractivity contribution is 7.10. The topological polar surface area (TPSA) is 30.7 Å². The maximum Gasteiger partial charge on any atom is 0.133 e. The van der Waals surface area contributed by atoms with Gasteiger partial charge in [-0.15, -0.1) is 11.3 Å². The van der Waals surface area contributed by atoms with E-state index in [0.29, 0.717) is 0 Å². The summed E-state index contributed by atoms with van der Waals surface area (Å²) in [5, 5.41) is 3.07. The molecule has 2 heterocycles. The fraction of sp³-hybridized carbons (Fsp3) is 0.0526. The quantitative estimate of drug-likeness (QED) is 0.540. The zero-order valence-corrected chi connectivity index (χ0v) is 13.5. The van der Waals surface area contributed by atoms with Gasteiger partial charge >= 0.3 is 0 Å². The van der Waals surface area contributed by atoms with Crippen LogP contribution in [0.15, 0.2) is 60.0 Å².